The van der Waals surface area contributed by atoms with E-state index in [1.807, 2.05) is 29.0 Å². The standard InChI is InChI=1S/C23H33N3O3/c1-24(20-11-18-13-22(27)25(2)15-19(18)12-20)14-17-5-7-21(8-6-17)29-16-23(28)26-9-3-4-10-26/h5-8,18-20H,3-4,9-16H2,1-2H3/t18-,19+,20-/m1/s1. The summed E-state index contributed by atoms with van der Waals surface area (Å²) in [7, 11) is 4.12. The summed E-state index contributed by atoms with van der Waals surface area (Å²) in [5, 5.41) is 0. The third-order valence-corrected chi connectivity index (χ3v) is 6.99. The second-order valence-electron chi connectivity index (χ2n) is 9.06. The van der Waals surface area contributed by atoms with E-state index in [1.165, 1.54) is 12.0 Å². The molecular formula is C23H33N3O3. The molecule has 2 aliphatic heterocycles. The van der Waals surface area contributed by atoms with E-state index in [-0.39, 0.29) is 12.5 Å². The van der Waals surface area contributed by atoms with E-state index in [1.54, 1.807) is 0 Å². The van der Waals surface area contributed by atoms with Crippen molar-refractivity contribution in [1.29, 1.82) is 0 Å². The van der Waals surface area contributed by atoms with Crippen molar-refractivity contribution >= 4 is 11.8 Å². The fourth-order valence-electron chi connectivity index (χ4n) is 5.16. The SMILES string of the molecule is CN1C[C@@H]2C[C@H](N(C)Cc3ccc(OCC(=O)N4CCCC4)cc3)C[C@@H]2CC1=O. The second-order valence-corrected chi connectivity index (χ2v) is 9.06. The first-order valence-electron chi connectivity index (χ1n) is 10.9. The summed E-state index contributed by atoms with van der Waals surface area (Å²) >= 11 is 0. The van der Waals surface area contributed by atoms with Crippen molar-refractivity contribution in [3.63, 3.8) is 0 Å². The predicted molar refractivity (Wildman–Crippen MR) is 111 cm³/mol. The highest BCUT2D eigenvalue weighted by Crippen LogP contribution is 2.40. The Morgan fingerprint density at radius 2 is 1.83 bits per heavy atom. The van der Waals surface area contributed by atoms with Crippen LogP contribution in [0, 0.1) is 11.8 Å². The maximum Gasteiger partial charge on any atom is 0.260 e. The normalized spacial score (nSPS) is 26.9. The molecule has 1 saturated carbocycles. The maximum atomic E-state index is 12.1. The Morgan fingerprint density at radius 1 is 1.14 bits per heavy atom. The zero-order chi connectivity index (χ0) is 20.4. The quantitative estimate of drug-likeness (QED) is 0.737. The molecule has 1 aliphatic carbocycles. The molecule has 0 radical (unpaired) electrons. The van der Waals surface area contributed by atoms with Crippen LogP contribution in [0.3, 0.4) is 0 Å². The summed E-state index contributed by atoms with van der Waals surface area (Å²) in [6, 6.07) is 8.64. The van der Waals surface area contributed by atoms with Crippen LogP contribution in [-0.2, 0) is 16.1 Å². The summed E-state index contributed by atoms with van der Waals surface area (Å²) in [5.41, 5.74) is 1.24. The molecule has 0 bridgehead atoms. The molecule has 6 nitrogen and oxygen atoms in total. The Labute approximate surface area is 173 Å². The summed E-state index contributed by atoms with van der Waals surface area (Å²) < 4.78 is 5.68. The average molecular weight is 400 g/mol. The maximum absolute atomic E-state index is 12.1. The van der Waals surface area contributed by atoms with E-state index in [0.717, 1.165) is 51.2 Å². The molecule has 3 aliphatic rings. The average Bonchev–Trinajstić information content (AvgIpc) is 3.38. The number of nitrogens with zero attached hydrogens (tertiary/aromatic N) is 3. The lowest BCUT2D eigenvalue weighted by atomic mass is 9.88. The molecule has 2 amide bonds. The van der Waals surface area contributed by atoms with E-state index >= 15 is 0 Å². The number of hydrogen-bond acceptors (Lipinski definition) is 4. The lowest BCUT2D eigenvalue weighted by Gasteiger charge is -2.31. The summed E-state index contributed by atoms with van der Waals surface area (Å²) in [6.45, 7) is 3.65. The van der Waals surface area contributed by atoms with Crippen LogP contribution in [-0.4, -0.2) is 72.9 Å². The highest BCUT2D eigenvalue weighted by atomic mass is 16.5. The number of fused-ring (bicyclic) bond motifs is 1. The van der Waals surface area contributed by atoms with Crippen LogP contribution >= 0.6 is 0 Å². The third kappa shape index (κ3) is 4.74. The third-order valence-electron chi connectivity index (χ3n) is 6.99. The minimum Gasteiger partial charge on any atom is -0.484 e. The van der Waals surface area contributed by atoms with Gasteiger partial charge in [-0.25, -0.2) is 0 Å². The van der Waals surface area contributed by atoms with E-state index in [4.69, 9.17) is 4.74 Å². The largest absolute Gasteiger partial charge is 0.484 e. The van der Waals surface area contributed by atoms with Crippen LogP contribution < -0.4 is 4.74 Å². The molecule has 3 fully saturated rings. The molecule has 2 heterocycles. The van der Waals surface area contributed by atoms with Crippen molar-refractivity contribution in [2.75, 3.05) is 40.3 Å². The van der Waals surface area contributed by atoms with Gasteiger partial charge in [0.15, 0.2) is 6.61 Å². The lowest BCUT2D eigenvalue weighted by Crippen LogP contribution is -2.39. The van der Waals surface area contributed by atoms with Crippen molar-refractivity contribution in [2.45, 2.75) is 44.7 Å². The Morgan fingerprint density at radius 3 is 2.55 bits per heavy atom. The van der Waals surface area contributed by atoms with Crippen molar-refractivity contribution in [3.8, 4) is 5.75 Å². The van der Waals surface area contributed by atoms with Gasteiger partial charge in [-0.3, -0.25) is 14.5 Å². The summed E-state index contributed by atoms with van der Waals surface area (Å²) in [4.78, 5) is 30.3. The van der Waals surface area contributed by atoms with Gasteiger partial charge in [-0.2, -0.15) is 0 Å². The first kappa shape index (κ1) is 20.2. The molecular weight excluding hydrogens is 366 g/mol. The lowest BCUT2D eigenvalue weighted by molar-refractivity contribution is -0.135. The molecule has 0 spiro atoms. The monoisotopic (exact) mass is 399 g/mol. The van der Waals surface area contributed by atoms with Gasteiger partial charge in [-0.15, -0.1) is 0 Å². The smallest absolute Gasteiger partial charge is 0.260 e. The fourth-order valence-corrected chi connectivity index (χ4v) is 5.16. The van der Waals surface area contributed by atoms with Crippen molar-refractivity contribution in [2.24, 2.45) is 11.8 Å². The minimum atomic E-state index is 0.0816. The van der Waals surface area contributed by atoms with Gasteiger partial charge in [-0.05, 0) is 62.3 Å². The van der Waals surface area contributed by atoms with E-state index in [2.05, 4.69) is 24.1 Å². The molecule has 0 aromatic heterocycles. The van der Waals surface area contributed by atoms with E-state index < -0.39 is 0 Å². The Hall–Kier alpha value is -2.08. The Bertz CT molecular complexity index is 729. The number of ether oxygens (including phenoxy) is 1. The van der Waals surface area contributed by atoms with Crippen LogP contribution in [0.4, 0.5) is 0 Å². The summed E-state index contributed by atoms with van der Waals surface area (Å²) in [6.07, 6.45) is 5.22. The zero-order valence-electron chi connectivity index (χ0n) is 17.7. The number of carbonyl (C=O) groups is 2. The van der Waals surface area contributed by atoms with Crippen LogP contribution in [0.15, 0.2) is 24.3 Å². The molecule has 29 heavy (non-hydrogen) atoms. The topological polar surface area (TPSA) is 53.1 Å². The van der Waals surface area contributed by atoms with Crippen LogP contribution in [0.25, 0.3) is 0 Å². The first-order chi connectivity index (χ1) is 14.0. The molecule has 2 saturated heterocycles. The van der Waals surface area contributed by atoms with Gasteiger partial charge in [0.2, 0.25) is 5.91 Å². The number of piperidine rings is 1. The van der Waals surface area contributed by atoms with Crippen LogP contribution in [0.1, 0.15) is 37.7 Å². The van der Waals surface area contributed by atoms with Gasteiger partial charge < -0.3 is 14.5 Å². The van der Waals surface area contributed by atoms with E-state index in [0.29, 0.717) is 30.2 Å². The number of likely N-dealkylation sites (tertiary alicyclic amines) is 2. The molecule has 1 aromatic rings. The van der Waals surface area contributed by atoms with Crippen molar-refractivity contribution in [3.05, 3.63) is 29.8 Å². The van der Waals surface area contributed by atoms with Gasteiger partial charge in [-0.1, -0.05) is 12.1 Å². The van der Waals surface area contributed by atoms with E-state index in [9.17, 15) is 9.59 Å². The number of benzene rings is 1. The van der Waals surface area contributed by atoms with Gasteiger partial charge >= 0.3 is 0 Å². The van der Waals surface area contributed by atoms with Crippen molar-refractivity contribution in [1.82, 2.24) is 14.7 Å². The van der Waals surface area contributed by atoms with Crippen LogP contribution in [0.2, 0.25) is 0 Å². The summed E-state index contributed by atoms with van der Waals surface area (Å²) in [5.74, 6) is 2.33. The number of amides is 2. The van der Waals surface area contributed by atoms with Gasteiger partial charge in [0, 0.05) is 45.7 Å². The molecule has 0 unspecified atom stereocenters. The number of hydrogen-bond donors (Lipinski definition) is 0. The Balaban J connectivity index is 1.25. The molecule has 3 atom stereocenters. The molecule has 0 N–H and O–H groups in total. The minimum absolute atomic E-state index is 0.0816. The highest BCUT2D eigenvalue weighted by Gasteiger charge is 2.41. The molecule has 1 aromatic carbocycles. The zero-order valence-corrected chi connectivity index (χ0v) is 17.7. The Kier molecular flexibility index (Phi) is 6.09. The van der Waals surface area contributed by atoms with Crippen LogP contribution in [0.5, 0.6) is 5.75 Å². The van der Waals surface area contributed by atoms with Gasteiger partial charge in [0.25, 0.3) is 5.91 Å². The predicted octanol–water partition coefficient (Wildman–Crippen LogP) is 2.38. The molecule has 4 rings (SSSR count). The fraction of sp³-hybridized carbons (Fsp3) is 0.652. The van der Waals surface area contributed by atoms with Crippen molar-refractivity contribution < 1.29 is 14.3 Å². The first-order valence-corrected chi connectivity index (χ1v) is 10.9. The molecule has 6 heteroatoms. The highest BCUT2D eigenvalue weighted by molar-refractivity contribution is 5.78. The number of rotatable bonds is 6. The molecule has 158 valence electrons. The second kappa shape index (κ2) is 8.74. The number of carbonyl (C=O) groups excluding carboxylic acids is 2. The van der Waals surface area contributed by atoms with Gasteiger partial charge in [0.1, 0.15) is 5.75 Å². The van der Waals surface area contributed by atoms with Gasteiger partial charge in [0.05, 0.1) is 0 Å².